The Kier molecular flexibility index (Phi) is 4.30. The first-order valence-electron chi connectivity index (χ1n) is 5.58. The zero-order valence-electron chi connectivity index (χ0n) is 10.1. The number of nitrogens with zero attached hydrogens (tertiary/aromatic N) is 1. The van der Waals surface area contributed by atoms with Gasteiger partial charge in [-0.3, -0.25) is 0 Å². The van der Waals surface area contributed by atoms with Gasteiger partial charge in [0.2, 0.25) is 0 Å². The minimum absolute atomic E-state index is 0.0687. The Morgan fingerprint density at radius 3 is 2.35 bits per heavy atom. The maximum absolute atomic E-state index is 13.1. The van der Waals surface area contributed by atoms with Crippen LogP contribution in [0.2, 0.25) is 0 Å². The summed E-state index contributed by atoms with van der Waals surface area (Å²) in [4.78, 5) is 0. The van der Waals surface area contributed by atoms with Gasteiger partial charge in [0, 0.05) is 11.0 Å². The number of halogens is 4. The standard InChI is InChI=1S/C14H8BrF3N2/c15-10-2-1-9(6-19)13(5-10)20-7-8-3-11(16)14(18)12(17)4-8/h1-5,20H,7H2. The van der Waals surface area contributed by atoms with Crippen LogP contribution in [0, 0.1) is 28.8 Å². The second kappa shape index (κ2) is 5.97. The fourth-order valence-corrected chi connectivity index (χ4v) is 2.03. The highest BCUT2D eigenvalue weighted by molar-refractivity contribution is 9.10. The van der Waals surface area contributed by atoms with Crippen LogP contribution < -0.4 is 5.32 Å². The molecule has 0 spiro atoms. The van der Waals surface area contributed by atoms with Gasteiger partial charge in [0.15, 0.2) is 17.5 Å². The third-order valence-electron chi connectivity index (χ3n) is 2.63. The van der Waals surface area contributed by atoms with E-state index >= 15 is 0 Å². The monoisotopic (exact) mass is 340 g/mol. The van der Waals surface area contributed by atoms with Crippen LogP contribution in [0.3, 0.4) is 0 Å². The van der Waals surface area contributed by atoms with E-state index in [9.17, 15) is 13.2 Å². The van der Waals surface area contributed by atoms with Crippen molar-refractivity contribution in [2.45, 2.75) is 6.54 Å². The Hall–Kier alpha value is -2.00. The fourth-order valence-electron chi connectivity index (χ4n) is 1.67. The van der Waals surface area contributed by atoms with Crippen LogP contribution in [0.5, 0.6) is 0 Å². The van der Waals surface area contributed by atoms with Crippen molar-refractivity contribution < 1.29 is 13.2 Å². The summed E-state index contributed by atoms with van der Waals surface area (Å²) in [7, 11) is 0. The van der Waals surface area contributed by atoms with Gasteiger partial charge >= 0.3 is 0 Å². The Bertz CT molecular complexity index is 672. The summed E-state index contributed by atoms with van der Waals surface area (Å²) in [5, 5.41) is 11.8. The molecule has 0 atom stereocenters. The highest BCUT2D eigenvalue weighted by atomic mass is 79.9. The average molecular weight is 341 g/mol. The quantitative estimate of drug-likeness (QED) is 0.843. The number of anilines is 1. The van der Waals surface area contributed by atoms with Crippen LogP contribution in [-0.4, -0.2) is 0 Å². The molecule has 0 bridgehead atoms. The van der Waals surface area contributed by atoms with Gasteiger partial charge in [0.1, 0.15) is 6.07 Å². The third-order valence-corrected chi connectivity index (χ3v) is 3.12. The zero-order chi connectivity index (χ0) is 14.7. The van der Waals surface area contributed by atoms with Crippen LogP contribution in [-0.2, 0) is 6.54 Å². The maximum atomic E-state index is 13.1. The number of nitriles is 1. The second-order valence-corrected chi connectivity index (χ2v) is 4.94. The molecule has 2 rings (SSSR count). The van der Waals surface area contributed by atoms with Gasteiger partial charge < -0.3 is 5.32 Å². The lowest BCUT2D eigenvalue weighted by Gasteiger charge is -2.09. The van der Waals surface area contributed by atoms with Gasteiger partial charge in [0.25, 0.3) is 0 Å². The summed E-state index contributed by atoms with van der Waals surface area (Å²) < 4.78 is 39.7. The summed E-state index contributed by atoms with van der Waals surface area (Å²) in [5.41, 5.74) is 1.16. The Balaban J connectivity index is 2.21. The highest BCUT2D eigenvalue weighted by Crippen LogP contribution is 2.22. The fraction of sp³-hybridized carbons (Fsp3) is 0.0714. The molecule has 0 radical (unpaired) electrons. The molecule has 0 saturated heterocycles. The van der Waals surface area contributed by atoms with Gasteiger partial charge in [-0.05, 0) is 35.9 Å². The predicted molar refractivity (Wildman–Crippen MR) is 72.5 cm³/mol. The van der Waals surface area contributed by atoms with Crippen molar-refractivity contribution in [1.82, 2.24) is 0 Å². The lowest BCUT2D eigenvalue weighted by molar-refractivity contribution is 0.445. The van der Waals surface area contributed by atoms with Crippen molar-refractivity contribution in [3.8, 4) is 6.07 Å². The average Bonchev–Trinajstić information content (AvgIpc) is 2.42. The Morgan fingerprint density at radius 1 is 1.10 bits per heavy atom. The van der Waals surface area contributed by atoms with E-state index in [4.69, 9.17) is 5.26 Å². The largest absolute Gasteiger partial charge is 0.380 e. The molecule has 20 heavy (non-hydrogen) atoms. The molecule has 2 aromatic carbocycles. The molecule has 0 aromatic heterocycles. The maximum Gasteiger partial charge on any atom is 0.194 e. The van der Waals surface area contributed by atoms with Gasteiger partial charge in [0.05, 0.1) is 11.3 Å². The zero-order valence-corrected chi connectivity index (χ0v) is 11.6. The Labute approximate surface area is 122 Å². The molecule has 2 aromatic rings. The van der Waals surface area contributed by atoms with Gasteiger partial charge in [-0.15, -0.1) is 0 Å². The SMILES string of the molecule is N#Cc1ccc(Br)cc1NCc1cc(F)c(F)c(F)c1. The minimum atomic E-state index is -1.49. The van der Waals surface area contributed by atoms with E-state index in [0.29, 0.717) is 11.3 Å². The van der Waals surface area contributed by atoms with E-state index in [1.165, 1.54) is 0 Å². The molecule has 0 saturated carbocycles. The topological polar surface area (TPSA) is 35.8 Å². The first kappa shape index (κ1) is 14.4. The Morgan fingerprint density at radius 2 is 1.75 bits per heavy atom. The van der Waals surface area contributed by atoms with Gasteiger partial charge in [-0.25, -0.2) is 13.2 Å². The molecule has 102 valence electrons. The van der Waals surface area contributed by atoms with Gasteiger partial charge in [-0.2, -0.15) is 5.26 Å². The van der Waals surface area contributed by atoms with Crippen molar-refractivity contribution in [2.24, 2.45) is 0 Å². The molecular weight excluding hydrogens is 333 g/mol. The summed E-state index contributed by atoms with van der Waals surface area (Å²) in [6.45, 7) is 0.0687. The summed E-state index contributed by atoms with van der Waals surface area (Å²) >= 11 is 3.27. The van der Waals surface area contributed by atoms with Crippen molar-refractivity contribution in [1.29, 1.82) is 5.26 Å². The minimum Gasteiger partial charge on any atom is -0.380 e. The van der Waals surface area contributed by atoms with Crippen molar-refractivity contribution in [2.75, 3.05) is 5.32 Å². The smallest absolute Gasteiger partial charge is 0.194 e. The number of nitrogens with one attached hydrogen (secondary N) is 1. The molecule has 0 aliphatic heterocycles. The second-order valence-electron chi connectivity index (χ2n) is 4.03. The number of rotatable bonds is 3. The molecule has 0 amide bonds. The number of benzene rings is 2. The molecular formula is C14H8BrF3N2. The van der Waals surface area contributed by atoms with Crippen LogP contribution in [0.15, 0.2) is 34.8 Å². The lowest BCUT2D eigenvalue weighted by Crippen LogP contribution is -2.03. The lowest BCUT2D eigenvalue weighted by atomic mass is 10.1. The molecule has 1 N–H and O–H groups in total. The third kappa shape index (κ3) is 3.11. The van der Waals surface area contributed by atoms with Crippen molar-refractivity contribution in [3.05, 3.63) is 63.4 Å². The normalized spacial score (nSPS) is 10.2. The predicted octanol–water partition coefficient (Wildman–Crippen LogP) is 4.35. The molecule has 0 unspecified atom stereocenters. The van der Waals surface area contributed by atoms with Gasteiger partial charge in [-0.1, -0.05) is 15.9 Å². The first-order valence-corrected chi connectivity index (χ1v) is 6.37. The number of hydrogen-bond donors (Lipinski definition) is 1. The summed E-state index contributed by atoms with van der Waals surface area (Å²) in [6, 6.07) is 8.82. The van der Waals surface area contributed by atoms with Crippen molar-refractivity contribution in [3.63, 3.8) is 0 Å². The van der Waals surface area contributed by atoms with Crippen LogP contribution in [0.1, 0.15) is 11.1 Å². The van der Waals surface area contributed by atoms with Crippen LogP contribution in [0.25, 0.3) is 0 Å². The van der Waals surface area contributed by atoms with E-state index in [2.05, 4.69) is 21.2 Å². The van der Waals surface area contributed by atoms with E-state index in [1.54, 1.807) is 18.2 Å². The molecule has 0 heterocycles. The molecule has 0 fully saturated rings. The molecule has 0 aliphatic carbocycles. The van der Waals surface area contributed by atoms with E-state index < -0.39 is 17.5 Å². The van der Waals surface area contributed by atoms with Crippen LogP contribution in [0.4, 0.5) is 18.9 Å². The van der Waals surface area contributed by atoms with Crippen molar-refractivity contribution >= 4 is 21.6 Å². The van der Waals surface area contributed by atoms with E-state index in [-0.39, 0.29) is 12.1 Å². The molecule has 0 aliphatic rings. The van der Waals surface area contributed by atoms with E-state index in [1.807, 2.05) is 6.07 Å². The number of hydrogen-bond acceptors (Lipinski definition) is 2. The summed E-state index contributed by atoms with van der Waals surface area (Å²) in [6.07, 6.45) is 0. The highest BCUT2D eigenvalue weighted by Gasteiger charge is 2.11. The van der Waals surface area contributed by atoms with E-state index in [0.717, 1.165) is 16.6 Å². The molecule has 2 nitrogen and oxygen atoms in total. The molecule has 6 heteroatoms. The first-order chi connectivity index (χ1) is 9.51. The van der Waals surface area contributed by atoms with Crippen LogP contribution >= 0.6 is 15.9 Å². The summed E-state index contributed by atoms with van der Waals surface area (Å²) in [5.74, 6) is -3.97.